The Hall–Kier alpha value is -3.05. The lowest BCUT2D eigenvalue weighted by molar-refractivity contribution is 0.0773. The van der Waals surface area contributed by atoms with Gasteiger partial charge < -0.3 is 10.2 Å². The van der Waals surface area contributed by atoms with Crippen molar-refractivity contribution < 1.29 is 9.59 Å². The molecule has 5 heteroatoms. The van der Waals surface area contributed by atoms with E-state index in [-0.39, 0.29) is 11.8 Å². The minimum atomic E-state index is -0.167. The van der Waals surface area contributed by atoms with Crippen LogP contribution < -0.4 is 5.32 Å². The van der Waals surface area contributed by atoms with Crippen molar-refractivity contribution in [1.29, 1.82) is 0 Å². The maximum atomic E-state index is 12.5. The molecule has 0 bridgehead atoms. The summed E-state index contributed by atoms with van der Waals surface area (Å²) in [6, 6.07) is 24.9. The number of nitrogens with one attached hydrogen (secondary N) is 1. The lowest BCUT2D eigenvalue weighted by Crippen LogP contribution is -2.30. The van der Waals surface area contributed by atoms with Gasteiger partial charge in [0.05, 0.1) is 0 Å². The molecule has 0 aliphatic heterocycles. The first-order chi connectivity index (χ1) is 14.6. The third-order valence-corrected chi connectivity index (χ3v) is 5.89. The minimum Gasteiger partial charge on any atom is -0.339 e. The van der Waals surface area contributed by atoms with Gasteiger partial charge in [-0.15, -0.1) is 11.8 Å². The van der Waals surface area contributed by atoms with Crippen LogP contribution in [0.3, 0.4) is 0 Å². The second-order valence-corrected chi connectivity index (χ2v) is 7.86. The Morgan fingerprint density at radius 3 is 2.00 bits per heavy atom. The van der Waals surface area contributed by atoms with Crippen molar-refractivity contribution >= 4 is 29.3 Å². The molecule has 0 aromatic heterocycles. The first-order valence-corrected chi connectivity index (χ1v) is 11.1. The predicted molar refractivity (Wildman–Crippen MR) is 124 cm³/mol. The molecule has 0 fully saturated rings. The fourth-order valence-corrected chi connectivity index (χ4v) is 3.90. The van der Waals surface area contributed by atoms with Crippen molar-refractivity contribution in [2.45, 2.75) is 24.5 Å². The SMILES string of the molecule is CCN(CC)C(=O)c1ccc(NC(=O)c2ccc(CSc3ccccc3)cc2)cc1. The van der Waals surface area contributed by atoms with E-state index in [0.29, 0.717) is 29.9 Å². The van der Waals surface area contributed by atoms with Crippen molar-refractivity contribution in [1.82, 2.24) is 4.90 Å². The van der Waals surface area contributed by atoms with Crippen molar-refractivity contribution in [2.75, 3.05) is 18.4 Å². The Bertz CT molecular complexity index is 966. The minimum absolute atomic E-state index is 0.00170. The van der Waals surface area contributed by atoms with Crippen LogP contribution in [0.15, 0.2) is 83.8 Å². The summed E-state index contributed by atoms with van der Waals surface area (Å²) in [4.78, 5) is 27.9. The highest BCUT2D eigenvalue weighted by molar-refractivity contribution is 7.98. The van der Waals surface area contributed by atoms with E-state index in [4.69, 9.17) is 0 Å². The zero-order valence-electron chi connectivity index (χ0n) is 17.3. The molecule has 0 spiro atoms. The van der Waals surface area contributed by atoms with Crippen LogP contribution in [0.1, 0.15) is 40.1 Å². The number of hydrogen-bond donors (Lipinski definition) is 1. The Morgan fingerprint density at radius 1 is 0.800 bits per heavy atom. The van der Waals surface area contributed by atoms with Gasteiger partial charge in [0, 0.05) is 40.6 Å². The maximum absolute atomic E-state index is 12.5. The van der Waals surface area contributed by atoms with Gasteiger partial charge >= 0.3 is 0 Å². The molecule has 3 aromatic rings. The maximum Gasteiger partial charge on any atom is 0.255 e. The fourth-order valence-electron chi connectivity index (χ4n) is 3.03. The lowest BCUT2D eigenvalue weighted by Gasteiger charge is -2.18. The third-order valence-electron chi connectivity index (χ3n) is 4.81. The molecule has 154 valence electrons. The smallest absolute Gasteiger partial charge is 0.255 e. The Labute approximate surface area is 182 Å². The van der Waals surface area contributed by atoms with E-state index in [1.165, 1.54) is 10.5 Å². The third kappa shape index (κ3) is 5.74. The van der Waals surface area contributed by atoms with Crippen LogP contribution in [0, 0.1) is 0 Å². The van der Waals surface area contributed by atoms with Crippen LogP contribution in [-0.2, 0) is 5.75 Å². The summed E-state index contributed by atoms with van der Waals surface area (Å²) in [5, 5.41) is 2.89. The zero-order valence-corrected chi connectivity index (χ0v) is 18.1. The monoisotopic (exact) mass is 418 g/mol. The first-order valence-electron chi connectivity index (χ1n) is 10.1. The number of carbonyl (C=O) groups is 2. The average molecular weight is 419 g/mol. The summed E-state index contributed by atoms with van der Waals surface area (Å²) < 4.78 is 0. The number of carbonyl (C=O) groups excluding carboxylic acids is 2. The quantitative estimate of drug-likeness (QED) is 0.477. The van der Waals surface area contributed by atoms with Crippen LogP contribution in [-0.4, -0.2) is 29.8 Å². The van der Waals surface area contributed by atoms with Gasteiger partial charge in [-0.1, -0.05) is 30.3 Å². The molecule has 30 heavy (non-hydrogen) atoms. The van der Waals surface area contributed by atoms with Crippen LogP contribution in [0.4, 0.5) is 5.69 Å². The summed E-state index contributed by atoms with van der Waals surface area (Å²) in [6.45, 7) is 5.27. The molecule has 0 atom stereocenters. The van der Waals surface area contributed by atoms with E-state index in [2.05, 4.69) is 17.4 Å². The normalized spacial score (nSPS) is 10.5. The number of anilines is 1. The van der Waals surface area contributed by atoms with Crippen molar-refractivity contribution in [3.8, 4) is 0 Å². The van der Waals surface area contributed by atoms with E-state index in [1.807, 2.05) is 56.3 Å². The molecule has 0 aliphatic rings. The second kappa shape index (κ2) is 10.6. The number of hydrogen-bond acceptors (Lipinski definition) is 3. The topological polar surface area (TPSA) is 49.4 Å². The van der Waals surface area contributed by atoms with Gasteiger partial charge in [0.2, 0.25) is 0 Å². The lowest BCUT2D eigenvalue weighted by atomic mass is 10.1. The molecular weight excluding hydrogens is 392 g/mol. The Balaban J connectivity index is 1.57. The predicted octanol–water partition coefficient (Wildman–Crippen LogP) is 5.71. The van der Waals surface area contributed by atoms with Crippen LogP contribution in [0.2, 0.25) is 0 Å². The molecule has 0 saturated carbocycles. The zero-order chi connectivity index (χ0) is 21.3. The summed E-state index contributed by atoms with van der Waals surface area (Å²) >= 11 is 1.77. The highest BCUT2D eigenvalue weighted by Crippen LogP contribution is 2.22. The summed E-state index contributed by atoms with van der Waals surface area (Å²) in [7, 11) is 0. The van der Waals surface area contributed by atoms with E-state index < -0.39 is 0 Å². The van der Waals surface area contributed by atoms with Crippen LogP contribution >= 0.6 is 11.8 Å². The number of rotatable bonds is 8. The summed E-state index contributed by atoms with van der Waals surface area (Å²) in [5.41, 5.74) is 3.06. The van der Waals surface area contributed by atoms with Crippen LogP contribution in [0.5, 0.6) is 0 Å². The van der Waals surface area contributed by atoms with E-state index in [0.717, 1.165) is 5.75 Å². The van der Waals surface area contributed by atoms with Gasteiger partial charge in [0.1, 0.15) is 0 Å². The number of amides is 2. The molecule has 1 N–H and O–H groups in total. The fraction of sp³-hybridized carbons (Fsp3) is 0.200. The molecule has 0 aliphatic carbocycles. The molecule has 3 aromatic carbocycles. The standard InChI is InChI=1S/C25H26N2O2S/c1-3-27(4-2)25(29)21-14-16-22(17-15-21)26-24(28)20-12-10-19(11-13-20)18-30-23-8-6-5-7-9-23/h5-17H,3-4,18H2,1-2H3,(H,26,28). The molecule has 0 heterocycles. The van der Waals surface area contributed by atoms with Crippen molar-refractivity contribution in [3.05, 3.63) is 95.6 Å². The number of thioether (sulfide) groups is 1. The molecule has 2 amide bonds. The Morgan fingerprint density at radius 2 is 1.40 bits per heavy atom. The average Bonchev–Trinajstić information content (AvgIpc) is 2.80. The highest BCUT2D eigenvalue weighted by Gasteiger charge is 2.12. The van der Waals surface area contributed by atoms with Gasteiger partial charge in [-0.25, -0.2) is 0 Å². The molecular formula is C25H26N2O2S. The van der Waals surface area contributed by atoms with Crippen molar-refractivity contribution in [3.63, 3.8) is 0 Å². The van der Waals surface area contributed by atoms with Gasteiger partial charge in [-0.3, -0.25) is 9.59 Å². The number of benzene rings is 3. The largest absolute Gasteiger partial charge is 0.339 e. The molecule has 0 saturated heterocycles. The molecule has 4 nitrogen and oxygen atoms in total. The van der Waals surface area contributed by atoms with Crippen molar-refractivity contribution in [2.24, 2.45) is 0 Å². The number of nitrogens with zero attached hydrogens (tertiary/aromatic N) is 1. The summed E-state index contributed by atoms with van der Waals surface area (Å²) in [5.74, 6) is 0.690. The van der Waals surface area contributed by atoms with Gasteiger partial charge in [-0.2, -0.15) is 0 Å². The second-order valence-electron chi connectivity index (χ2n) is 6.81. The molecule has 0 unspecified atom stereocenters. The van der Waals surface area contributed by atoms with E-state index in [1.54, 1.807) is 40.9 Å². The van der Waals surface area contributed by atoms with Gasteiger partial charge in [0.25, 0.3) is 11.8 Å². The van der Waals surface area contributed by atoms with Gasteiger partial charge in [0.15, 0.2) is 0 Å². The first kappa shape index (κ1) is 21.7. The highest BCUT2D eigenvalue weighted by atomic mass is 32.2. The summed E-state index contributed by atoms with van der Waals surface area (Å²) in [6.07, 6.45) is 0. The van der Waals surface area contributed by atoms with E-state index in [9.17, 15) is 9.59 Å². The van der Waals surface area contributed by atoms with Gasteiger partial charge in [-0.05, 0) is 67.9 Å². The Kier molecular flexibility index (Phi) is 7.69. The van der Waals surface area contributed by atoms with E-state index >= 15 is 0 Å². The molecule has 0 radical (unpaired) electrons. The molecule has 3 rings (SSSR count). The van der Waals surface area contributed by atoms with Crippen LogP contribution in [0.25, 0.3) is 0 Å².